The number of aliphatic hydroxyl groups excluding tert-OH is 2. The molecule has 13 N–H and O–H groups in total. The molecule has 0 amide bonds. The molecule has 1 saturated carbocycles. The molecule has 0 aliphatic heterocycles. The number of rotatable bonds is 14. The summed E-state index contributed by atoms with van der Waals surface area (Å²) in [5, 5.41) is 20.6. The van der Waals surface area contributed by atoms with Gasteiger partial charge in [-0.25, -0.2) is 32.0 Å². The maximum atomic E-state index is 12.1. The van der Waals surface area contributed by atoms with Crippen LogP contribution in [0.25, 0.3) is 0 Å². The van der Waals surface area contributed by atoms with Crippen molar-refractivity contribution in [1.29, 1.82) is 0 Å². The van der Waals surface area contributed by atoms with Crippen molar-refractivity contribution >= 4 is 54.8 Å². The van der Waals surface area contributed by atoms with Crippen molar-refractivity contribution in [3.63, 3.8) is 0 Å². The molecule has 0 aromatic rings. The van der Waals surface area contributed by atoms with E-state index in [2.05, 4.69) is 31.0 Å². The number of aliphatic hydroxyl groups is 2. The second kappa shape index (κ2) is 13.0. The molecule has 27 nitrogen and oxygen atoms in total. The number of hydrogen-bond donors (Lipinski definition) is 13. The predicted molar refractivity (Wildman–Crippen MR) is 112 cm³/mol. The van der Waals surface area contributed by atoms with Crippen molar-refractivity contribution in [2.45, 2.75) is 36.6 Å². The largest absolute Gasteiger partial charge is 0.481 e. The van der Waals surface area contributed by atoms with Gasteiger partial charge in [-0.15, -0.1) is 0 Å². The summed E-state index contributed by atoms with van der Waals surface area (Å²) >= 11 is 0. The smallest absolute Gasteiger partial charge is 0.387 e. The SMILES string of the molecule is O=P(O)(O)O[C@@H]1[C@@H](OP(=O)(O)OP(=O)(O)O)[C@@H](OP(=O)(O)OP(=O)(O)O)[C@@H](O)[C@H](O)[C@H]1OP(=O)(O)OP(=O)(O)O. The molecule has 1 aliphatic carbocycles. The monoisotopic (exact) mass is 740 g/mol. The third kappa shape index (κ3) is 14.1. The summed E-state index contributed by atoms with van der Waals surface area (Å²) in [5.41, 5.74) is 0. The van der Waals surface area contributed by atoms with Gasteiger partial charge in [0.2, 0.25) is 0 Å². The van der Waals surface area contributed by atoms with Crippen molar-refractivity contribution in [2.75, 3.05) is 0 Å². The van der Waals surface area contributed by atoms with Gasteiger partial charge >= 0.3 is 54.8 Å². The first-order valence-corrected chi connectivity index (χ1v) is 19.4. The van der Waals surface area contributed by atoms with Gasteiger partial charge in [0, 0.05) is 0 Å². The van der Waals surface area contributed by atoms with Crippen LogP contribution in [0.4, 0.5) is 0 Å². The van der Waals surface area contributed by atoms with E-state index in [4.69, 9.17) is 29.4 Å². The summed E-state index contributed by atoms with van der Waals surface area (Å²) < 4.78 is 107. The minimum absolute atomic E-state index is 3.07. The summed E-state index contributed by atoms with van der Waals surface area (Å²) in [7, 11) is -43.0. The first-order valence-electron chi connectivity index (χ1n) is 8.76. The fourth-order valence-electron chi connectivity index (χ4n) is 2.72. The third-order valence-corrected chi connectivity index (χ3v) is 10.7. The van der Waals surface area contributed by atoms with E-state index in [1.807, 2.05) is 0 Å². The molecular formula is C6H19O27P7. The quantitative estimate of drug-likeness (QED) is 0.0788. The van der Waals surface area contributed by atoms with E-state index in [0.29, 0.717) is 0 Å². The van der Waals surface area contributed by atoms with Crippen LogP contribution in [0.2, 0.25) is 0 Å². The topological polar surface area (TPSA) is 447 Å². The average Bonchev–Trinajstić information content (AvgIpc) is 2.58. The Morgan fingerprint density at radius 2 is 0.575 bits per heavy atom. The zero-order valence-electron chi connectivity index (χ0n) is 18.1. The number of phosphoric ester groups is 4. The Bertz CT molecular complexity index is 1230. The van der Waals surface area contributed by atoms with Gasteiger partial charge in [-0.3, -0.25) is 18.1 Å². The lowest BCUT2D eigenvalue weighted by atomic mass is 9.85. The molecule has 0 bridgehead atoms. The van der Waals surface area contributed by atoms with E-state index >= 15 is 0 Å². The highest BCUT2D eigenvalue weighted by molar-refractivity contribution is 7.61. The average molecular weight is 740 g/mol. The summed E-state index contributed by atoms with van der Waals surface area (Å²) in [6.07, 6.45) is -19.0. The van der Waals surface area contributed by atoms with Gasteiger partial charge < -0.3 is 64.0 Å². The maximum absolute atomic E-state index is 12.1. The number of hydrogen-bond acceptors (Lipinski definition) is 16. The molecule has 0 spiro atoms. The Kier molecular flexibility index (Phi) is 12.7. The summed E-state index contributed by atoms with van der Waals surface area (Å²) in [5.74, 6) is 0. The molecule has 0 saturated heterocycles. The van der Waals surface area contributed by atoms with E-state index < -0.39 is 91.4 Å². The van der Waals surface area contributed by atoms with Crippen LogP contribution in [0.3, 0.4) is 0 Å². The van der Waals surface area contributed by atoms with Crippen LogP contribution < -0.4 is 0 Å². The van der Waals surface area contributed by atoms with Gasteiger partial charge in [0.05, 0.1) is 0 Å². The molecule has 0 heterocycles. The van der Waals surface area contributed by atoms with E-state index in [0.717, 1.165) is 0 Å². The lowest BCUT2D eigenvalue weighted by molar-refractivity contribution is -0.208. The summed E-state index contributed by atoms with van der Waals surface area (Å²) in [6, 6.07) is 0. The molecule has 240 valence electrons. The highest BCUT2D eigenvalue weighted by Crippen LogP contribution is 2.64. The molecule has 0 radical (unpaired) electrons. The van der Waals surface area contributed by atoms with Gasteiger partial charge in [-0.05, 0) is 0 Å². The second-order valence-electron chi connectivity index (χ2n) is 6.87. The van der Waals surface area contributed by atoms with Crippen molar-refractivity contribution < 1.29 is 127 Å². The Morgan fingerprint density at radius 1 is 0.350 bits per heavy atom. The van der Waals surface area contributed by atoms with Gasteiger partial charge in [0.1, 0.15) is 36.6 Å². The molecule has 1 rings (SSSR count). The van der Waals surface area contributed by atoms with E-state index in [1.54, 1.807) is 0 Å². The van der Waals surface area contributed by atoms with Crippen molar-refractivity contribution in [1.82, 2.24) is 0 Å². The zero-order valence-corrected chi connectivity index (χ0v) is 24.4. The van der Waals surface area contributed by atoms with Crippen LogP contribution in [0.5, 0.6) is 0 Å². The fourth-order valence-corrected chi connectivity index (χ4v) is 8.61. The second-order valence-corrected chi connectivity index (χ2v) is 16.4. The molecule has 1 fully saturated rings. The molecule has 1 aliphatic rings. The summed E-state index contributed by atoms with van der Waals surface area (Å²) in [6.45, 7) is 0. The molecule has 9 atom stereocenters. The van der Waals surface area contributed by atoms with E-state index in [-0.39, 0.29) is 0 Å². The van der Waals surface area contributed by atoms with Gasteiger partial charge in [-0.2, -0.15) is 12.9 Å². The first-order chi connectivity index (χ1) is 17.3. The van der Waals surface area contributed by atoms with Gasteiger partial charge in [0.15, 0.2) is 0 Å². The summed E-state index contributed by atoms with van der Waals surface area (Å²) in [4.78, 5) is 99.5. The van der Waals surface area contributed by atoms with Crippen molar-refractivity contribution in [2.24, 2.45) is 0 Å². The first kappa shape index (κ1) is 38.8. The van der Waals surface area contributed by atoms with E-state index in [1.165, 1.54) is 0 Å². The van der Waals surface area contributed by atoms with Crippen LogP contribution in [0.15, 0.2) is 0 Å². The molecule has 40 heavy (non-hydrogen) atoms. The zero-order chi connectivity index (χ0) is 31.9. The van der Waals surface area contributed by atoms with Crippen LogP contribution in [-0.4, -0.2) is 101 Å². The molecular weight excluding hydrogens is 721 g/mol. The molecule has 3 unspecified atom stereocenters. The lowest BCUT2D eigenvalue weighted by Crippen LogP contribution is -2.65. The normalized spacial score (nSPS) is 31.6. The Labute approximate surface area is 219 Å². The minimum Gasteiger partial charge on any atom is -0.387 e. The molecule has 34 heteroatoms. The Balaban J connectivity index is 3.79. The molecule has 0 aromatic heterocycles. The predicted octanol–water partition coefficient (Wildman–Crippen LogP) is -3.02. The maximum Gasteiger partial charge on any atom is 0.481 e. The van der Waals surface area contributed by atoms with Gasteiger partial charge in [-0.1, -0.05) is 0 Å². The Morgan fingerprint density at radius 3 is 0.800 bits per heavy atom. The lowest BCUT2D eigenvalue weighted by Gasteiger charge is -2.46. The highest BCUT2D eigenvalue weighted by Gasteiger charge is 2.60. The Hall–Kier alpha value is 0.810. The van der Waals surface area contributed by atoms with Crippen molar-refractivity contribution in [3.8, 4) is 0 Å². The standard InChI is InChI=1S/C6H19O27P7/c7-1-2(8)4(29-39(23,24)32-36(15,16)17)6(30-40(25,26)33-37(18,19)20)5(27-34(9,10)11)3(1)28-38(21,22)31-35(12,13)14/h1-8H,(H,21,22)(H,23,24)(H,25,26)(H2,9,10,11)(H2,12,13,14)(H2,15,16,17)(H2,18,19,20)/t1-,2-,3+,4-,5-,6-/m0/s1. The minimum atomic E-state index is -6.36. The fraction of sp³-hybridized carbons (Fsp3) is 1.00. The van der Waals surface area contributed by atoms with Crippen LogP contribution in [-0.2, 0) is 63.0 Å². The number of phosphoric acid groups is 7. The molecule has 0 aromatic carbocycles. The van der Waals surface area contributed by atoms with Crippen molar-refractivity contribution in [3.05, 3.63) is 0 Å². The van der Waals surface area contributed by atoms with E-state index in [9.17, 15) is 66.6 Å². The van der Waals surface area contributed by atoms with Crippen LogP contribution in [0.1, 0.15) is 0 Å². The van der Waals surface area contributed by atoms with Gasteiger partial charge in [0.25, 0.3) is 0 Å². The van der Waals surface area contributed by atoms with Crippen LogP contribution >= 0.6 is 54.8 Å². The third-order valence-electron chi connectivity index (χ3n) is 3.65. The highest BCUT2D eigenvalue weighted by atomic mass is 31.3. The van der Waals surface area contributed by atoms with Crippen LogP contribution in [0, 0.1) is 0 Å².